The van der Waals surface area contributed by atoms with Gasteiger partial charge in [-0.05, 0) is 36.0 Å². The molecule has 98 valence electrons. The fourth-order valence-corrected chi connectivity index (χ4v) is 1.74. The van der Waals surface area contributed by atoms with Gasteiger partial charge >= 0.3 is 0 Å². The maximum Gasteiger partial charge on any atom is 0.0650 e. The van der Waals surface area contributed by atoms with Crippen molar-refractivity contribution in [2.75, 3.05) is 13.6 Å². The number of aromatic amines is 1. The van der Waals surface area contributed by atoms with Crippen LogP contribution in [0.1, 0.15) is 0 Å². The average Bonchev–Trinajstić information content (AvgIpc) is 2.95. The number of H-pyrrole nitrogens is 1. The Morgan fingerprint density at radius 3 is 2.42 bits per heavy atom. The van der Waals surface area contributed by atoms with Crippen molar-refractivity contribution in [3.05, 3.63) is 66.0 Å². The minimum absolute atomic E-state index is 0.748. The number of halogens is 1. The number of nitrogens with zero attached hydrogens (tertiary/aromatic N) is 2. The number of benzene rings is 1. The van der Waals surface area contributed by atoms with Gasteiger partial charge in [0.2, 0.25) is 0 Å². The first-order chi connectivity index (χ1) is 9.25. The molecule has 19 heavy (non-hydrogen) atoms. The monoisotopic (exact) mass is 273 g/mol. The summed E-state index contributed by atoms with van der Waals surface area (Å²) in [4.78, 5) is 2.12. The minimum atomic E-state index is 0.748. The lowest BCUT2D eigenvalue weighted by atomic mass is 10.2. The molecule has 1 aromatic carbocycles. The number of allylic oxidation sites excluding steroid dienone is 2. The molecule has 2 aromatic rings. The summed E-state index contributed by atoms with van der Waals surface area (Å²) >= 11 is 5.75. The van der Waals surface area contributed by atoms with Gasteiger partial charge < -0.3 is 4.90 Å². The molecule has 0 saturated carbocycles. The number of aromatic nitrogens is 2. The molecular weight excluding hydrogens is 258 g/mol. The van der Waals surface area contributed by atoms with Crippen molar-refractivity contribution in [1.82, 2.24) is 15.1 Å². The van der Waals surface area contributed by atoms with Crippen LogP contribution in [0.25, 0.3) is 11.3 Å². The molecule has 0 radical (unpaired) electrons. The largest absolute Gasteiger partial charge is 0.377 e. The lowest BCUT2D eigenvalue weighted by Crippen LogP contribution is -2.11. The smallest absolute Gasteiger partial charge is 0.0650 e. The van der Waals surface area contributed by atoms with Gasteiger partial charge in [0.1, 0.15) is 0 Å². The summed E-state index contributed by atoms with van der Waals surface area (Å²) < 4.78 is 0. The van der Waals surface area contributed by atoms with Crippen LogP contribution in [0.2, 0.25) is 5.02 Å². The molecule has 0 spiro atoms. The fourth-order valence-electron chi connectivity index (χ4n) is 1.61. The maximum absolute atomic E-state index is 5.75. The van der Waals surface area contributed by atoms with E-state index in [9.17, 15) is 0 Å². The second-order valence-corrected chi connectivity index (χ2v) is 4.62. The van der Waals surface area contributed by atoms with E-state index in [1.807, 2.05) is 36.4 Å². The van der Waals surface area contributed by atoms with Gasteiger partial charge in [-0.1, -0.05) is 35.9 Å². The van der Waals surface area contributed by atoms with Crippen LogP contribution in [-0.2, 0) is 0 Å². The van der Waals surface area contributed by atoms with Gasteiger partial charge in [-0.3, -0.25) is 5.10 Å². The number of nitrogens with one attached hydrogen (secondary N) is 1. The summed E-state index contributed by atoms with van der Waals surface area (Å²) in [6, 6.07) is 9.55. The van der Waals surface area contributed by atoms with Crippen LogP contribution in [0.4, 0.5) is 0 Å². The molecule has 0 saturated heterocycles. The fraction of sp³-hybridized carbons (Fsp3) is 0.133. The highest BCUT2D eigenvalue weighted by molar-refractivity contribution is 6.30. The van der Waals surface area contributed by atoms with E-state index in [0.29, 0.717) is 0 Å². The van der Waals surface area contributed by atoms with E-state index in [2.05, 4.69) is 40.5 Å². The van der Waals surface area contributed by atoms with Crippen LogP contribution in [0.15, 0.2) is 61.0 Å². The third-order valence-electron chi connectivity index (χ3n) is 2.64. The number of likely N-dealkylation sites (N-methyl/N-ethyl adjacent to an activating group) is 1. The Labute approximate surface area is 118 Å². The van der Waals surface area contributed by atoms with Gasteiger partial charge in [-0.2, -0.15) is 5.10 Å². The van der Waals surface area contributed by atoms with Crippen molar-refractivity contribution >= 4 is 11.6 Å². The van der Waals surface area contributed by atoms with Crippen LogP contribution in [0.3, 0.4) is 0 Å². The first-order valence-electron chi connectivity index (χ1n) is 6.04. The molecular formula is C15H16ClN3. The van der Waals surface area contributed by atoms with E-state index in [1.54, 1.807) is 6.20 Å². The zero-order chi connectivity index (χ0) is 13.5. The standard InChI is InChI=1S/C9H7ClN2.C6H9N/c10-8-3-1-7(2-4-8)9-5-6-11-12-9;1-7-5-3-2-4-6-7/h1-6H,(H,11,12);2-5H,6H2,1H3. The van der Waals surface area contributed by atoms with Gasteiger partial charge in [0.05, 0.1) is 5.69 Å². The highest BCUT2D eigenvalue weighted by Gasteiger charge is 1.96. The summed E-state index contributed by atoms with van der Waals surface area (Å²) in [7, 11) is 2.06. The second kappa shape index (κ2) is 6.81. The maximum atomic E-state index is 5.75. The van der Waals surface area contributed by atoms with Crippen LogP contribution in [-0.4, -0.2) is 28.7 Å². The van der Waals surface area contributed by atoms with E-state index in [-0.39, 0.29) is 0 Å². The molecule has 1 aliphatic rings. The molecule has 2 heterocycles. The molecule has 1 aromatic heterocycles. The van der Waals surface area contributed by atoms with E-state index in [4.69, 9.17) is 11.6 Å². The Morgan fingerprint density at radius 1 is 1.16 bits per heavy atom. The summed E-state index contributed by atoms with van der Waals surface area (Å²) in [5.74, 6) is 0. The molecule has 3 rings (SSSR count). The van der Waals surface area contributed by atoms with Crippen LogP contribution in [0.5, 0.6) is 0 Å². The topological polar surface area (TPSA) is 31.9 Å². The van der Waals surface area contributed by atoms with Gasteiger partial charge in [0.25, 0.3) is 0 Å². The van der Waals surface area contributed by atoms with Crippen molar-refractivity contribution < 1.29 is 0 Å². The van der Waals surface area contributed by atoms with E-state index >= 15 is 0 Å². The third kappa shape index (κ3) is 4.30. The molecule has 0 amide bonds. The van der Waals surface area contributed by atoms with E-state index in [1.165, 1.54) is 0 Å². The van der Waals surface area contributed by atoms with Crippen LogP contribution in [0, 0.1) is 0 Å². The van der Waals surface area contributed by atoms with Crippen LogP contribution < -0.4 is 0 Å². The van der Waals surface area contributed by atoms with Crippen molar-refractivity contribution in [1.29, 1.82) is 0 Å². The first-order valence-corrected chi connectivity index (χ1v) is 6.42. The number of rotatable bonds is 1. The average molecular weight is 274 g/mol. The van der Waals surface area contributed by atoms with Gasteiger partial charge in [0, 0.05) is 24.8 Å². The van der Waals surface area contributed by atoms with E-state index in [0.717, 1.165) is 22.8 Å². The molecule has 4 heteroatoms. The van der Waals surface area contributed by atoms with Gasteiger partial charge in [0.15, 0.2) is 0 Å². The third-order valence-corrected chi connectivity index (χ3v) is 2.89. The molecule has 3 nitrogen and oxygen atoms in total. The Hall–Kier alpha value is -2.00. The van der Waals surface area contributed by atoms with Crippen molar-refractivity contribution in [2.45, 2.75) is 0 Å². The summed E-state index contributed by atoms with van der Waals surface area (Å²) in [6.07, 6.45) is 9.99. The van der Waals surface area contributed by atoms with E-state index < -0.39 is 0 Å². The predicted octanol–water partition coefficient (Wildman–Crippen LogP) is 3.73. The van der Waals surface area contributed by atoms with Gasteiger partial charge in [-0.25, -0.2) is 0 Å². The summed E-state index contributed by atoms with van der Waals surface area (Å²) in [6.45, 7) is 1.05. The molecule has 0 aliphatic carbocycles. The molecule has 0 atom stereocenters. The van der Waals surface area contributed by atoms with Gasteiger partial charge in [-0.15, -0.1) is 0 Å². The first kappa shape index (κ1) is 13.4. The second-order valence-electron chi connectivity index (χ2n) is 4.19. The molecule has 0 unspecified atom stereocenters. The Bertz CT molecular complexity index is 541. The highest BCUT2D eigenvalue weighted by atomic mass is 35.5. The number of hydrogen-bond acceptors (Lipinski definition) is 2. The SMILES string of the molecule is CN1C=CC=CC1.Clc1ccc(-c2ccn[nH]2)cc1. The Kier molecular flexibility index (Phi) is 4.81. The lowest BCUT2D eigenvalue weighted by Gasteiger charge is -2.11. The van der Waals surface area contributed by atoms with Crippen LogP contribution >= 0.6 is 11.6 Å². The number of hydrogen-bond donors (Lipinski definition) is 1. The van der Waals surface area contributed by atoms with Crippen molar-refractivity contribution in [2.24, 2.45) is 0 Å². The van der Waals surface area contributed by atoms with Crippen molar-refractivity contribution in [3.8, 4) is 11.3 Å². The molecule has 1 aliphatic heterocycles. The Morgan fingerprint density at radius 2 is 1.95 bits per heavy atom. The molecule has 0 bridgehead atoms. The van der Waals surface area contributed by atoms with Crippen molar-refractivity contribution in [3.63, 3.8) is 0 Å². The lowest BCUT2D eigenvalue weighted by molar-refractivity contribution is 0.505. The Balaban J connectivity index is 0.000000163. The minimum Gasteiger partial charge on any atom is -0.377 e. The highest BCUT2D eigenvalue weighted by Crippen LogP contribution is 2.18. The molecule has 0 fully saturated rings. The predicted molar refractivity (Wildman–Crippen MR) is 79.9 cm³/mol. The molecule has 1 N–H and O–H groups in total. The quantitative estimate of drug-likeness (QED) is 0.858. The zero-order valence-corrected chi connectivity index (χ0v) is 11.5. The normalized spacial score (nSPS) is 13.1. The summed E-state index contributed by atoms with van der Waals surface area (Å²) in [5, 5.41) is 7.49. The summed E-state index contributed by atoms with van der Waals surface area (Å²) in [5.41, 5.74) is 2.10. The zero-order valence-electron chi connectivity index (χ0n) is 10.8.